The summed E-state index contributed by atoms with van der Waals surface area (Å²) in [6.07, 6.45) is 3.18. The van der Waals surface area contributed by atoms with E-state index in [2.05, 4.69) is 4.98 Å². The van der Waals surface area contributed by atoms with Crippen LogP contribution < -0.4 is 4.74 Å². The number of aromatic nitrogens is 1. The van der Waals surface area contributed by atoms with E-state index >= 15 is 0 Å². The number of nitrogens with zero attached hydrogens (tertiary/aromatic N) is 1. The third-order valence-corrected chi connectivity index (χ3v) is 5.14. The van der Waals surface area contributed by atoms with E-state index in [-0.39, 0.29) is 30.2 Å². The summed E-state index contributed by atoms with van der Waals surface area (Å²) < 4.78 is 24.9. The molecule has 6 heteroatoms. The molecule has 0 saturated heterocycles. The molecular formula is C24H20FNO4. The van der Waals surface area contributed by atoms with Crippen molar-refractivity contribution in [2.75, 3.05) is 0 Å². The van der Waals surface area contributed by atoms with E-state index in [0.717, 1.165) is 11.1 Å². The summed E-state index contributed by atoms with van der Waals surface area (Å²) in [6, 6.07) is 17.5. The minimum Gasteiger partial charge on any atom is -0.474 e. The van der Waals surface area contributed by atoms with Gasteiger partial charge in [0.2, 0.25) is 5.88 Å². The van der Waals surface area contributed by atoms with E-state index in [1.807, 2.05) is 30.3 Å². The minimum atomic E-state index is -0.567. The number of esters is 1. The molecule has 4 rings (SSSR count). The van der Waals surface area contributed by atoms with Crippen LogP contribution in [0.4, 0.5) is 4.39 Å². The van der Waals surface area contributed by atoms with Crippen LogP contribution in [0.5, 0.6) is 5.88 Å². The minimum absolute atomic E-state index is 0.0218. The van der Waals surface area contributed by atoms with Crippen molar-refractivity contribution in [1.82, 2.24) is 4.98 Å². The van der Waals surface area contributed by atoms with Crippen molar-refractivity contribution in [3.05, 3.63) is 83.8 Å². The number of hydrogen-bond donors (Lipinski definition) is 0. The van der Waals surface area contributed by atoms with Crippen LogP contribution in [0.1, 0.15) is 28.8 Å². The van der Waals surface area contributed by atoms with Gasteiger partial charge in [0, 0.05) is 17.8 Å². The van der Waals surface area contributed by atoms with Gasteiger partial charge in [0.25, 0.3) is 0 Å². The van der Waals surface area contributed by atoms with Gasteiger partial charge in [-0.25, -0.2) is 9.37 Å². The molecule has 1 saturated carbocycles. The molecule has 30 heavy (non-hydrogen) atoms. The van der Waals surface area contributed by atoms with E-state index in [9.17, 15) is 14.0 Å². The summed E-state index contributed by atoms with van der Waals surface area (Å²) in [4.78, 5) is 27.1. The first kappa shape index (κ1) is 19.8. The number of hydrogen-bond acceptors (Lipinski definition) is 5. The number of ether oxygens (including phenoxy) is 2. The summed E-state index contributed by atoms with van der Waals surface area (Å²) in [5.74, 6) is -0.479. The van der Waals surface area contributed by atoms with Gasteiger partial charge in [0.15, 0.2) is 6.29 Å². The van der Waals surface area contributed by atoms with Crippen molar-refractivity contribution in [3.63, 3.8) is 0 Å². The summed E-state index contributed by atoms with van der Waals surface area (Å²) in [7, 11) is 0. The van der Waals surface area contributed by atoms with Crippen LogP contribution in [-0.2, 0) is 16.1 Å². The lowest BCUT2D eigenvalue weighted by Gasteiger charge is -2.33. The Morgan fingerprint density at radius 3 is 2.50 bits per heavy atom. The van der Waals surface area contributed by atoms with E-state index in [4.69, 9.17) is 9.47 Å². The molecule has 0 unspecified atom stereocenters. The van der Waals surface area contributed by atoms with Gasteiger partial charge in [-0.2, -0.15) is 0 Å². The third kappa shape index (κ3) is 4.54. The van der Waals surface area contributed by atoms with Gasteiger partial charge >= 0.3 is 5.97 Å². The lowest BCUT2D eigenvalue weighted by molar-refractivity contribution is -0.156. The molecule has 0 spiro atoms. The smallest absolute Gasteiger partial charge is 0.309 e. The number of carbonyl (C=O) groups is 2. The zero-order valence-corrected chi connectivity index (χ0v) is 16.2. The standard InChI is InChI=1S/C24H20FNO4/c25-22-12-17(6-7-19(22)14-27)18-8-9-23(26-13-18)30-21-10-20(11-21)24(28)29-15-16-4-2-1-3-5-16/h1-9,12-14,20-21H,10-11,15H2/t20-,21-. The second-order valence-corrected chi connectivity index (χ2v) is 7.24. The summed E-state index contributed by atoms with van der Waals surface area (Å²) in [5, 5.41) is 0. The normalized spacial score (nSPS) is 17.6. The van der Waals surface area contributed by atoms with E-state index in [1.165, 1.54) is 12.1 Å². The first-order chi connectivity index (χ1) is 14.6. The maximum absolute atomic E-state index is 13.8. The molecule has 1 aromatic heterocycles. The molecule has 1 aliphatic rings. The molecule has 0 N–H and O–H groups in total. The Kier molecular flexibility index (Phi) is 5.84. The lowest BCUT2D eigenvalue weighted by atomic mass is 9.82. The third-order valence-electron chi connectivity index (χ3n) is 5.14. The van der Waals surface area contributed by atoms with Crippen molar-refractivity contribution in [2.24, 2.45) is 5.92 Å². The fourth-order valence-electron chi connectivity index (χ4n) is 3.29. The molecule has 0 amide bonds. The van der Waals surface area contributed by atoms with Crippen LogP contribution in [0.15, 0.2) is 66.9 Å². The fraction of sp³-hybridized carbons (Fsp3) is 0.208. The van der Waals surface area contributed by atoms with Crippen LogP contribution in [0, 0.1) is 11.7 Å². The summed E-state index contributed by atoms with van der Waals surface area (Å²) in [5.41, 5.74) is 2.33. The molecule has 5 nitrogen and oxygen atoms in total. The molecule has 2 aromatic carbocycles. The zero-order valence-electron chi connectivity index (χ0n) is 16.2. The predicted molar refractivity (Wildman–Crippen MR) is 108 cm³/mol. The number of rotatable bonds is 7. The number of halogens is 1. The van der Waals surface area contributed by atoms with Gasteiger partial charge in [-0.15, -0.1) is 0 Å². The first-order valence-corrected chi connectivity index (χ1v) is 9.71. The first-order valence-electron chi connectivity index (χ1n) is 9.71. The highest BCUT2D eigenvalue weighted by molar-refractivity contribution is 5.77. The highest BCUT2D eigenvalue weighted by Gasteiger charge is 2.37. The van der Waals surface area contributed by atoms with E-state index in [0.29, 0.717) is 30.6 Å². The topological polar surface area (TPSA) is 65.5 Å². The van der Waals surface area contributed by atoms with Gasteiger partial charge in [-0.1, -0.05) is 36.4 Å². The van der Waals surface area contributed by atoms with Crippen molar-refractivity contribution >= 4 is 12.3 Å². The highest BCUT2D eigenvalue weighted by atomic mass is 19.1. The van der Waals surface area contributed by atoms with Gasteiger partial charge < -0.3 is 9.47 Å². The second-order valence-electron chi connectivity index (χ2n) is 7.24. The molecule has 3 aromatic rings. The average molecular weight is 405 g/mol. The molecule has 1 heterocycles. The lowest BCUT2D eigenvalue weighted by Crippen LogP contribution is -2.39. The number of carbonyl (C=O) groups excluding carboxylic acids is 2. The van der Waals surface area contributed by atoms with Crippen LogP contribution in [0.2, 0.25) is 0 Å². The Morgan fingerprint density at radius 1 is 1.07 bits per heavy atom. The number of aldehydes is 1. The van der Waals surface area contributed by atoms with Gasteiger partial charge in [-0.05, 0) is 42.2 Å². The fourth-order valence-corrected chi connectivity index (χ4v) is 3.29. The Hall–Kier alpha value is -3.54. The number of pyridine rings is 1. The largest absolute Gasteiger partial charge is 0.474 e. The van der Waals surface area contributed by atoms with Crippen molar-refractivity contribution in [2.45, 2.75) is 25.6 Å². The van der Waals surface area contributed by atoms with E-state index < -0.39 is 5.82 Å². The Balaban J connectivity index is 1.26. The molecule has 0 bridgehead atoms. The highest BCUT2D eigenvalue weighted by Crippen LogP contribution is 2.32. The molecule has 0 atom stereocenters. The van der Waals surface area contributed by atoms with Crippen molar-refractivity contribution in [1.29, 1.82) is 0 Å². The average Bonchev–Trinajstić information content (AvgIpc) is 2.75. The Morgan fingerprint density at radius 2 is 1.83 bits per heavy atom. The van der Waals surface area contributed by atoms with Crippen LogP contribution >= 0.6 is 0 Å². The predicted octanol–water partition coefficient (Wildman–Crippen LogP) is 4.60. The monoisotopic (exact) mass is 405 g/mol. The summed E-state index contributed by atoms with van der Waals surface area (Å²) in [6.45, 7) is 0.277. The van der Waals surface area contributed by atoms with Gasteiger partial charge in [0.1, 0.15) is 18.5 Å². The Bertz CT molecular complexity index is 1030. The second kappa shape index (κ2) is 8.86. The zero-order chi connectivity index (χ0) is 20.9. The van der Waals surface area contributed by atoms with Gasteiger partial charge in [0.05, 0.1) is 11.5 Å². The van der Waals surface area contributed by atoms with Crippen LogP contribution in [0.25, 0.3) is 11.1 Å². The molecule has 152 valence electrons. The van der Waals surface area contributed by atoms with Crippen LogP contribution in [-0.4, -0.2) is 23.3 Å². The molecule has 1 fully saturated rings. The maximum atomic E-state index is 13.8. The molecule has 0 aliphatic heterocycles. The van der Waals surface area contributed by atoms with Gasteiger partial charge in [-0.3, -0.25) is 9.59 Å². The number of benzene rings is 2. The van der Waals surface area contributed by atoms with E-state index in [1.54, 1.807) is 24.4 Å². The Labute approximate surface area is 173 Å². The van der Waals surface area contributed by atoms with Crippen molar-refractivity contribution < 1.29 is 23.5 Å². The molecule has 1 aliphatic carbocycles. The summed E-state index contributed by atoms with van der Waals surface area (Å²) >= 11 is 0. The quantitative estimate of drug-likeness (QED) is 0.425. The molecule has 0 radical (unpaired) electrons. The van der Waals surface area contributed by atoms with Crippen LogP contribution in [0.3, 0.4) is 0 Å². The maximum Gasteiger partial charge on any atom is 0.309 e. The SMILES string of the molecule is O=Cc1ccc(-c2ccc(O[C@H]3C[C@H](C(=O)OCc4ccccc4)C3)nc2)cc1F. The molecular weight excluding hydrogens is 385 g/mol. The van der Waals surface area contributed by atoms with Crippen molar-refractivity contribution in [3.8, 4) is 17.0 Å².